The van der Waals surface area contributed by atoms with Gasteiger partial charge in [0.2, 0.25) is 5.78 Å². The third-order valence-corrected chi connectivity index (χ3v) is 13.1. The van der Waals surface area contributed by atoms with Crippen LogP contribution in [0.4, 0.5) is 0 Å². The molecule has 0 aromatic rings. The lowest BCUT2D eigenvalue weighted by molar-refractivity contribution is -0.160. The van der Waals surface area contributed by atoms with Gasteiger partial charge < -0.3 is 9.84 Å². The molecule has 4 aliphatic carbocycles. The van der Waals surface area contributed by atoms with Gasteiger partial charge in [0.25, 0.3) is 0 Å². The first-order valence-corrected chi connectivity index (χ1v) is 19.1. The van der Waals surface area contributed by atoms with Crippen molar-refractivity contribution >= 4 is 23.5 Å². The van der Waals surface area contributed by atoms with Gasteiger partial charge >= 0.3 is 11.9 Å². The van der Waals surface area contributed by atoms with Crippen molar-refractivity contribution in [1.29, 1.82) is 0 Å². The fourth-order valence-corrected chi connectivity index (χ4v) is 10.4. The average Bonchev–Trinajstić information content (AvgIpc) is 3.35. The number of esters is 1. The van der Waals surface area contributed by atoms with Gasteiger partial charge in [-0.15, -0.1) is 0 Å². The number of Topliss-reactive ketones (excluding diaryl/α,β-unsaturated/α-hetero) is 1. The molecule has 6 nitrogen and oxygen atoms in total. The molecule has 1 N–H and O–H groups in total. The van der Waals surface area contributed by atoms with Gasteiger partial charge in [-0.1, -0.05) is 98.0 Å². The molecule has 0 radical (unpaired) electrons. The number of hydrogen-bond donors (Lipinski definition) is 1. The van der Waals surface area contributed by atoms with E-state index in [1.165, 1.54) is 38.5 Å². The first kappa shape index (κ1) is 36.8. The Kier molecular flexibility index (Phi) is 13.2. The first-order valence-electron chi connectivity index (χ1n) is 19.1. The minimum absolute atomic E-state index is 0.0238. The lowest BCUT2D eigenvalue weighted by Gasteiger charge is -2.57. The topological polar surface area (TPSA) is 97.7 Å². The SMILES string of the molecule is CC(C)CCC[C@@H](C)[C@H]1CCC2C3C(=O)C=C4CC(OC(=O)C(=O)CCCCCCCCCCC(=O)O)CC[C@]4(C)C3CC[C@@]21C. The molecule has 0 aromatic heterocycles. The molecule has 0 spiro atoms. The van der Waals surface area contributed by atoms with E-state index in [2.05, 4.69) is 34.6 Å². The van der Waals surface area contributed by atoms with Crippen LogP contribution in [0.25, 0.3) is 0 Å². The van der Waals surface area contributed by atoms with Crippen LogP contribution in [0.5, 0.6) is 0 Å². The highest BCUT2D eigenvalue weighted by atomic mass is 16.5. The molecule has 0 aromatic carbocycles. The van der Waals surface area contributed by atoms with Gasteiger partial charge in [-0.05, 0) is 97.9 Å². The number of ether oxygens (including phenoxy) is 1. The Bertz CT molecular complexity index is 1110. The summed E-state index contributed by atoms with van der Waals surface area (Å²) in [7, 11) is 0. The summed E-state index contributed by atoms with van der Waals surface area (Å²) in [5.74, 6) is 1.60. The normalized spacial score (nSPS) is 32.7. The van der Waals surface area contributed by atoms with Gasteiger partial charge in [0.15, 0.2) is 5.78 Å². The molecule has 46 heavy (non-hydrogen) atoms. The van der Waals surface area contributed by atoms with Crippen LogP contribution >= 0.6 is 0 Å². The molecule has 8 atom stereocenters. The molecule has 4 unspecified atom stereocenters. The molecule has 0 bridgehead atoms. The molecule has 0 saturated heterocycles. The lowest BCUT2D eigenvalue weighted by Crippen LogP contribution is -2.54. The van der Waals surface area contributed by atoms with Gasteiger partial charge in [-0.25, -0.2) is 4.79 Å². The van der Waals surface area contributed by atoms with Gasteiger partial charge in [-0.3, -0.25) is 14.4 Å². The zero-order valence-corrected chi connectivity index (χ0v) is 29.7. The highest BCUT2D eigenvalue weighted by Crippen LogP contribution is 2.66. The second-order valence-corrected chi connectivity index (χ2v) is 16.7. The van der Waals surface area contributed by atoms with Gasteiger partial charge in [0.1, 0.15) is 6.10 Å². The van der Waals surface area contributed by atoms with Crippen molar-refractivity contribution in [2.24, 2.45) is 46.3 Å². The van der Waals surface area contributed by atoms with Crippen LogP contribution in [0, 0.1) is 46.3 Å². The molecule has 260 valence electrons. The number of carboxylic acid groups (broad SMARTS) is 1. The van der Waals surface area contributed by atoms with Crippen LogP contribution < -0.4 is 0 Å². The Labute approximate surface area is 279 Å². The number of aliphatic carboxylic acids is 1. The van der Waals surface area contributed by atoms with Crippen molar-refractivity contribution in [2.75, 3.05) is 0 Å². The third kappa shape index (κ3) is 8.73. The van der Waals surface area contributed by atoms with E-state index in [1.54, 1.807) is 0 Å². The summed E-state index contributed by atoms with van der Waals surface area (Å²) >= 11 is 0. The molecule has 4 rings (SSSR count). The number of unbranched alkanes of at least 4 members (excludes halogenated alkanes) is 7. The number of rotatable bonds is 18. The average molecular weight is 641 g/mol. The maximum absolute atomic E-state index is 13.9. The van der Waals surface area contributed by atoms with Gasteiger partial charge in [0.05, 0.1) is 0 Å². The molecule has 0 amide bonds. The van der Waals surface area contributed by atoms with E-state index < -0.39 is 17.7 Å². The Morgan fingerprint density at radius 1 is 0.826 bits per heavy atom. The Morgan fingerprint density at radius 3 is 2.13 bits per heavy atom. The molecule has 3 fully saturated rings. The van der Waals surface area contributed by atoms with Crippen LogP contribution in [0.3, 0.4) is 0 Å². The molecule has 0 heterocycles. The van der Waals surface area contributed by atoms with E-state index in [1.807, 2.05) is 6.08 Å². The minimum atomic E-state index is -0.731. The summed E-state index contributed by atoms with van der Waals surface area (Å²) in [6, 6.07) is 0. The summed E-state index contributed by atoms with van der Waals surface area (Å²) in [5, 5.41) is 8.70. The minimum Gasteiger partial charge on any atom is -0.481 e. The van der Waals surface area contributed by atoms with E-state index in [-0.39, 0.29) is 35.7 Å². The van der Waals surface area contributed by atoms with Gasteiger partial charge in [0, 0.05) is 25.2 Å². The van der Waals surface area contributed by atoms with E-state index >= 15 is 0 Å². The monoisotopic (exact) mass is 640 g/mol. The van der Waals surface area contributed by atoms with Crippen LogP contribution in [0.2, 0.25) is 0 Å². The second kappa shape index (κ2) is 16.4. The van der Waals surface area contributed by atoms with Crippen LogP contribution in [-0.2, 0) is 23.9 Å². The summed E-state index contributed by atoms with van der Waals surface area (Å²) in [6.07, 6.45) is 20.5. The smallest absolute Gasteiger partial charge is 0.374 e. The summed E-state index contributed by atoms with van der Waals surface area (Å²) in [6.45, 7) is 12.0. The summed E-state index contributed by atoms with van der Waals surface area (Å²) in [5.41, 5.74) is 1.38. The molecule has 4 aliphatic rings. The largest absolute Gasteiger partial charge is 0.481 e. The Morgan fingerprint density at radius 2 is 1.48 bits per heavy atom. The van der Waals surface area contributed by atoms with Crippen LogP contribution in [0.15, 0.2) is 11.6 Å². The maximum atomic E-state index is 13.9. The Balaban J connectivity index is 1.24. The summed E-state index contributed by atoms with van der Waals surface area (Å²) in [4.78, 5) is 49.7. The fourth-order valence-electron chi connectivity index (χ4n) is 10.4. The predicted molar refractivity (Wildman–Crippen MR) is 182 cm³/mol. The number of ketones is 2. The van der Waals surface area contributed by atoms with Crippen molar-refractivity contribution in [3.05, 3.63) is 11.6 Å². The second-order valence-electron chi connectivity index (χ2n) is 16.7. The predicted octanol–water partition coefficient (Wildman–Crippen LogP) is 9.67. The highest BCUT2D eigenvalue weighted by molar-refractivity contribution is 6.33. The van der Waals surface area contributed by atoms with Crippen molar-refractivity contribution in [3.63, 3.8) is 0 Å². The number of carbonyl (C=O) groups excluding carboxylic acids is 3. The molecular formula is C40H64O6. The standard InChI is InChI=1S/C40H64O6/c1-27(2)15-14-16-28(3)31-19-20-32-37-33(22-24-40(31,32)5)39(4)23-21-30(25-29(39)26-35(37)42)46-38(45)34(41)17-12-10-8-6-7-9-11-13-18-36(43)44/h26-28,30-33,37H,6-25H2,1-5H3,(H,43,44)/t28-,30?,31-,32?,33?,37?,39+,40-/m1/s1. The van der Waals surface area contributed by atoms with Crippen molar-refractivity contribution in [3.8, 4) is 0 Å². The summed E-state index contributed by atoms with van der Waals surface area (Å²) < 4.78 is 5.76. The fraction of sp³-hybridized carbons (Fsp3) is 0.850. The quantitative estimate of drug-likeness (QED) is 0.0910. The zero-order valence-electron chi connectivity index (χ0n) is 29.7. The number of hydrogen-bond acceptors (Lipinski definition) is 5. The van der Waals surface area contributed by atoms with Crippen molar-refractivity contribution in [1.82, 2.24) is 0 Å². The number of allylic oxidation sites excluding steroid dienone is 1. The number of carbonyl (C=O) groups is 4. The lowest BCUT2D eigenvalue weighted by atomic mass is 9.46. The number of fused-ring (bicyclic) bond motifs is 5. The van der Waals surface area contributed by atoms with Crippen molar-refractivity contribution < 1.29 is 29.0 Å². The van der Waals surface area contributed by atoms with E-state index in [4.69, 9.17) is 9.84 Å². The number of carboxylic acids is 1. The van der Waals surface area contributed by atoms with Gasteiger partial charge in [-0.2, -0.15) is 0 Å². The Hall–Kier alpha value is -1.98. The van der Waals surface area contributed by atoms with Crippen LogP contribution in [0.1, 0.15) is 163 Å². The van der Waals surface area contributed by atoms with Crippen LogP contribution in [-0.4, -0.2) is 34.7 Å². The highest BCUT2D eigenvalue weighted by Gasteiger charge is 2.61. The zero-order chi connectivity index (χ0) is 33.5. The molecule has 3 saturated carbocycles. The molecular weight excluding hydrogens is 576 g/mol. The molecule has 0 aliphatic heterocycles. The molecule has 6 heteroatoms. The first-order chi connectivity index (χ1) is 21.9. The van der Waals surface area contributed by atoms with Crippen molar-refractivity contribution in [2.45, 2.75) is 169 Å². The third-order valence-electron chi connectivity index (χ3n) is 13.1. The maximum Gasteiger partial charge on any atom is 0.374 e. The van der Waals surface area contributed by atoms with E-state index in [0.29, 0.717) is 42.3 Å². The van der Waals surface area contributed by atoms with E-state index in [0.717, 1.165) is 75.7 Å². The van der Waals surface area contributed by atoms with E-state index in [9.17, 15) is 19.2 Å².